The van der Waals surface area contributed by atoms with Crippen LogP contribution in [0.1, 0.15) is 17.0 Å². The van der Waals surface area contributed by atoms with Crippen molar-refractivity contribution in [3.63, 3.8) is 0 Å². The zero-order valence-corrected chi connectivity index (χ0v) is 10.2. The number of H-pyrrole nitrogens is 1. The molecule has 3 nitrogen and oxygen atoms in total. The lowest BCUT2D eigenvalue weighted by Gasteiger charge is -1.92. The van der Waals surface area contributed by atoms with Gasteiger partial charge in [0.15, 0.2) is 0 Å². The Morgan fingerprint density at radius 3 is 2.53 bits per heavy atom. The van der Waals surface area contributed by atoms with Crippen LogP contribution < -0.4 is 0 Å². The molecule has 0 bridgehead atoms. The van der Waals surface area contributed by atoms with E-state index in [1.54, 1.807) is 12.1 Å². The largest absolute Gasteiger partial charge is 0.338 e. The van der Waals surface area contributed by atoms with Crippen molar-refractivity contribution < 1.29 is 0 Å². The number of aromatic nitrogens is 2. The van der Waals surface area contributed by atoms with Crippen molar-refractivity contribution >= 4 is 23.2 Å². The van der Waals surface area contributed by atoms with Gasteiger partial charge in [0.25, 0.3) is 0 Å². The molecule has 3 aromatic rings. The summed E-state index contributed by atoms with van der Waals surface area (Å²) in [5.41, 5.74) is 3.70. The highest BCUT2D eigenvalue weighted by molar-refractivity contribution is 5.78. The topological polar surface area (TPSA) is 52.5 Å². The molecule has 0 unspecified atom stereocenters. The van der Waals surface area contributed by atoms with Gasteiger partial charge in [-0.1, -0.05) is 30.3 Å². The van der Waals surface area contributed by atoms with Crippen molar-refractivity contribution in [2.75, 3.05) is 0 Å². The highest BCUT2D eigenvalue weighted by atomic mass is 14.9. The normalized spacial score (nSPS) is 10.9. The Balaban J connectivity index is 1.87. The van der Waals surface area contributed by atoms with E-state index in [9.17, 15) is 0 Å². The number of para-hydroxylation sites is 2. The lowest BCUT2D eigenvalue weighted by molar-refractivity contribution is 1.29. The van der Waals surface area contributed by atoms with E-state index in [1.165, 1.54) is 0 Å². The minimum absolute atomic E-state index is 0.667. The molecular formula is C16H11N3. The standard InChI is InChI=1S/C16H11N3/c17-11-13-7-5-12(6-8-13)9-10-16-18-14-3-1-2-4-15(14)19-16/h1-10H,(H,18,19)/b10-9+. The van der Waals surface area contributed by atoms with Gasteiger partial charge < -0.3 is 4.98 Å². The number of benzene rings is 2. The Kier molecular flexibility index (Phi) is 2.83. The average Bonchev–Trinajstić information content (AvgIpc) is 2.88. The molecule has 3 heteroatoms. The highest BCUT2D eigenvalue weighted by Gasteiger charge is 1.97. The van der Waals surface area contributed by atoms with Gasteiger partial charge in [-0.15, -0.1) is 0 Å². The highest BCUT2D eigenvalue weighted by Crippen LogP contribution is 2.13. The van der Waals surface area contributed by atoms with E-state index in [4.69, 9.17) is 5.26 Å². The fourth-order valence-electron chi connectivity index (χ4n) is 1.90. The lowest BCUT2D eigenvalue weighted by atomic mass is 10.1. The molecule has 0 saturated carbocycles. The summed E-state index contributed by atoms with van der Waals surface area (Å²) in [5, 5.41) is 8.73. The van der Waals surface area contributed by atoms with E-state index < -0.39 is 0 Å². The zero-order chi connectivity index (χ0) is 13.1. The molecule has 3 rings (SSSR count). The Morgan fingerprint density at radius 2 is 1.79 bits per heavy atom. The van der Waals surface area contributed by atoms with Gasteiger partial charge in [-0.05, 0) is 35.9 Å². The Morgan fingerprint density at radius 1 is 1.00 bits per heavy atom. The Hall–Kier alpha value is -2.86. The fourth-order valence-corrected chi connectivity index (χ4v) is 1.90. The summed E-state index contributed by atoms with van der Waals surface area (Å²) in [5.74, 6) is 0.825. The maximum atomic E-state index is 8.73. The first-order valence-corrected chi connectivity index (χ1v) is 5.98. The van der Waals surface area contributed by atoms with Crippen molar-refractivity contribution in [3.05, 3.63) is 65.5 Å². The van der Waals surface area contributed by atoms with Crippen molar-refractivity contribution in [3.8, 4) is 6.07 Å². The number of hydrogen-bond acceptors (Lipinski definition) is 2. The van der Waals surface area contributed by atoms with Gasteiger partial charge >= 0.3 is 0 Å². The van der Waals surface area contributed by atoms with E-state index in [0.29, 0.717) is 5.56 Å². The number of nitriles is 1. The fraction of sp³-hybridized carbons (Fsp3) is 0. The third kappa shape index (κ3) is 2.38. The number of aromatic amines is 1. The lowest BCUT2D eigenvalue weighted by Crippen LogP contribution is -1.76. The molecule has 1 heterocycles. The van der Waals surface area contributed by atoms with Gasteiger partial charge in [-0.2, -0.15) is 5.26 Å². The van der Waals surface area contributed by atoms with E-state index in [2.05, 4.69) is 16.0 Å². The second-order valence-electron chi connectivity index (χ2n) is 4.21. The maximum absolute atomic E-state index is 8.73. The quantitative estimate of drug-likeness (QED) is 0.749. The van der Waals surface area contributed by atoms with Crippen LogP contribution in [0.2, 0.25) is 0 Å². The van der Waals surface area contributed by atoms with Crippen molar-refractivity contribution in [2.24, 2.45) is 0 Å². The number of nitrogens with one attached hydrogen (secondary N) is 1. The van der Waals surface area contributed by atoms with Gasteiger partial charge in [-0.3, -0.25) is 0 Å². The van der Waals surface area contributed by atoms with Crippen LogP contribution in [0.15, 0.2) is 48.5 Å². The minimum atomic E-state index is 0.667. The van der Waals surface area contributed by atoms with Gasteiger partial charge in [0.05, 0.1) is 22.7 Å². The Labute approximate surface area is 110 Å². The number of nitrogens with zero attached hydrogens (tertiary/aromatic N) is 2. The van der Waals surface area contributed by atoms with Crippen molar-refractivity contribution in [1.29, 1.82) is 5.26 Å². The summed E-state index contributed by atoms with van der Waals surface area (Å²) in [6.07, 6.45) is 3.90. The summed E-state index contributed by atoms with van der Waals surface area (Å²) in [4.78, 5) is 7.70. The molecule has 0 aliphatic heterocycles. The van der Waals surface area contributed by atoms with Crippen molar-refractivity contribution in [1.82, 2.24) is 9.97 Å². The van der Waals surface area contributed by atoms with Crippen LogP contribution in [-0.2, 0) is 0 Å². The predicted molar refractivity (Wildman–Crippen MR) is 76.2 cm³/mol. The number of imidazole rings is 1. The van der Waals surface area contributed by atoms with E-state index in [1.807, 2.05) is 48.6 Å². The van der Waals surface area contributed by atoms with Crippen LogP contribution in [0.3, 0.4) is 0 Å². The van der Waals surface area contributed by atoms with Crippen LogP contribution in [0.4, 0.5) is 0 Å². The molecule has 0 spiro atoms. The predicted octanol–water partition coefficient (Wildman–Crippen LogP) is 3.60. The number of hydrogen-bond donors (Lipinski definition) is 1. The van der Waals surface area contributed by atoms with Gasteiger partial charge in [0, 0.05) is 0 Å². The first-order chi connectivity index (χ1) is 9.35. The molecule has 1 aromatic heterocycles. The molecule has 1 N–H and O–H groups in total. The van der Waals surface area contributed by atoms with Crippen LogP contribution in [-0.4, -0.2) is 9.97 Å². The molecule has 0 atom stereocenters. The molecule has 2 aromatic carbocycles. The van der Waals surface area contributed by atoms with Gasteiger partial charge in [-0.25, -0.2) is 4.98 Å². The van der Waals surface area contributed by atoms with E-state index in [-0.39, 0.29) is 0 Å². The molecule has 90 valence electrons. The van der Waals surface area contributed by atoms with Crippen LogP contribution in [0.25, 0.3) is 23.2 Å². The molecule has 0 aliphatic carbocycles. The summed E-state index contributed by atoms with van der Waals surface area (Å²) in [6, 6.07) is 17.5. The molecular weight excluding hydrogens is 234 g/mol. The second-order valence-corrected chi connectivity index (χ2v) is 4.21. The number of fused-ring (bicyclic) bond motifs is 1. The monoisotopic (exact) mass is 245 g/mol. The third-order valence-electron chi connectivity index (χ3n) is 2.88. The summed E-state index contributed by atoms with van der Waals surface area (Å²) in [6.45, 7) is 0. The second kappa shape index (κ2) is 4.79. The van der Waals surface area contributed by atoms with E-state index in [0.717, 1.165) is 22.4 Å². The molecule has 0 fully saturated rings. The van der Waals surface area contributed by atoms with Crippen LogP contribution in [0.5, 0.6) is 0 Å². The summed E-state index contributed by atoms with van der Waals surface area (Å²) < 4.78 is 0. The molecule has 0 amide bonds. The Bertz CT molecular complexity index is 741. The molecule has 19 heavy (non-hydrogen) atoms. The maximum Gasteiger partial charge on any atom is 0.131 e. The molecule has 0 aliphatic rings. The molecule has 0 saturated heterocycles. The zero-order valence-electron chi connectivity index (χ0n) is 10.2. The third-order valence-corrected chi connectivity index (χ3v) is 2.88. The van der Waals surface area contributed by atoms with Gasteiger partial charge in [0.2, 0.25) is 0 Å². The first-order valence-electron chi connectivity index (χ1n) is 5.98. The minimum Gasteiger partial charge on any atom is -0.338 e. The van der Waals surface area contributed by atoms with E-state index >= 15 is 0 Å². The van der Waals surface area contributed by atoms with Crippen LogP contribution in [0, 0.1) is 11.3 Å². The summed E-state index contributed by atoms with van der Waals surface area (Å²) >= 11 is 0. The number of rotatable bonds is 2. The first kappa shape index (κ1) is 11.2. The van der Waals surface area contributed by atoms with Crippen LogP contribution >= 0.6 is 0 Å². The van der Waals surface area contributed by atoms with Gasteiger partial charge in [0.1, 0.15) is 5.82 Å². The summed E-state index contributed by atoms with van der Waals surface area (Å²) in [7, 11) is 0. The van der Waals surface area contributed by atoms with Crippen molar-refractivity contribution in [2.45, 2.75) is 0 Å². The SMILES string of the molecule is N#Cc1ccc(/C=C/c2nc3ccccc3[nH]2)cc1. The molecule has 0 radical (unpaired) electrons. The average molecular weight is 245 g/mol. The smallest absolute Gasteiger partial charge is 0.131 e.